The molecule has 0 N–H and O–H groups in total. The summed E-state index contributed by atoms with van der Waals surface area (Å²) in [5.74, 6) is -0.370. The van der Waals surface area contributed by atoms with Crippen LogP contribution in [0.3, 0.4) is 0 Å². The van der Waals surface area contributed by atoms with Crippen molar-refractivity contribution < 1.29 is 14.3 Å². The number of thiophene rings is 1. The molecule has 0 bridgehead atoms. The van der Waals surface area contributed by atoms with Crippen LogP contribution in [0.5, 0.6) is 0 Å². The zero-order valence-corrected chi connectivity index (χ0v) is 13.9. The normalized spacial score (nSPS) is 13.5. The lowest BCUT2D eigenvalue weighted by Crippen LogP contribution is -2.24. The van der Waals surface area contributed by atoms with Crippen molar-refractivity contribution in [2.24, 2.45) is 0 Å². The summed E-state index contributed by atoms with van der Waals surface area (Å²) in [5, 5.41) is 0. The molecule has 1 aliphatic rings. The Balaban J connectivity index is 2.28. The van der Waals surface area contributed by atoms with Crippen molar-refractivity contribution in [1.82, 2.24) is 4.90 Å². The Morgan fingerprint density at radius 1 is 1.38 bits per heavy atom. The molecule has 2 aromatic rings. The minimum Gasteiger partial charge on any atom is -0.465 e. The number of nitrogens with zero attached hydrogens (tertiary/aromatic N) is 1. The van der Waals surface area contributed by atoms with Crippen LogP contribution in [0.1, 0.15) is 24.9 Å². The average Bonchev–Trinajstić information content (AvgIpc) is 2.84. The van der Waals surface area contributed by atoms with E-state index in [0.717, 1.165) is 20.5 Å². The van der Waals surface area contributed by atoms with Gasteiger partial charge in [-0.3, -0.25) is 4.79 Å². The Bertz CT molecular complexity index is 753. The van der Waals surface area contributed by atoms with Gasteiger partial charge in [0, 0.05) is 33.1 Å². The Hall–Kier alpha value is -1.66. The molecule has 1 aromatic carbocycles. The lowest BCUT2D eigenvalue weighted by atomic mass is 10.0. The van der Waals surface area contributed by atoms with E-state index in [1.807, 2.05) is 24.3 Å². The van der Waals surface area contributed by atoms with Gasteiger partial charge in [0.05, 0.1) is 13.7 Å². The third kappa shape index (κ3) is 2.28. The highest BCUT2D eigenvalue weighted by Crippen LogP contribution is 2.41. The summed E-state index contributed by atoms with van der Waals surface area (Å²) >= 11 is 4.89. The lowest BCUT2D eigenvalue weighted by molar-refractivity contribution is 0.0606. The number of methoxy groups -OCH3 is 1. The van der Waals surface area contributed by atoms with E-state index in [4.69, 9.17) is 4.74 Å². The minimum atomic E-state index is -0.351. The van der Waals surface area contributed by atoms with Crippen molar-refractivity contribution in [1.29, 1.82) is 0 Å². The highest BCUT2D eigenvalue weighted by Gasteiger charge is 2.28. The fraction of sp³-hybridized carbons (Fsp3) is 0.200. The number of rotatable bonds is 1. The van der Waals surface area contributed by atoms with Crippen molar-refractivity contribution in [2.45, 2.75) is 6.54 Å². The van der Waals surface area contributed by atoms with Gasteiger partial charge in [-0.1, -0.05) is 22.0 Å². The van der Waals surface area contributed by atoms with E-state index in [1.165, 1.54) is 18.4 Å². The third-order valence-electron chi connectivity index (χ3n) is 3.44. The van der Waals surface area contributed by atoms with E-state index in [9.17, 15) is 9.59 Å². The van der Waals surface area contributed by atoms with Crippen molar-refractivity contribution in [3.05, 3.63) is 44.1 Å². The molecule has 0 atom stereocenters. The van der Waals surface area contributed by atoms with Gasteiger partial charge in [0.1, 0.15) is 4.88 Å². The summed E-state index contributed by atoms with van der Waals surface area (Å²) < 4.78 is 5.64. The van der Waals surface area contributed by atoms with E-state index < -0.39 is 0 Å². The van der Waals surface area contributed by atoms with Gasteiger partial charge in [0.25, 0.3) is 5.91 Å². The molecular weight excluding hydrogens is 354 g/mol. The first-order chi connectivity index (χ1) is 10.0. The Kier molecular flexibility index (Phi) is 3.59. The van der Waals surface area contributed by atoms with Gasteiger partial charge in [-0.25, -0.2) is 4.79 Å². The van der Waals surface area contributed by atoms with Crippen molar-refractivity contribution in [2.75, 3.05) is 14.2 Å². The molecule has 0 unspecified atom stereocenters. The fourth-order valence-electron chi connectivity index (χ4n) is 2.43. The number of hydrogen-bond donors (Lipinski definition) is 0. The van der Waals surface area contributed by atoms with Gasteiger partial charge in [-0.2, -0.15) is 0 Å². The zero-order valence-electron chi connectivity index (χ0n) is 11.5. The summed E-state index contributed by atoms with van der Waals surface area (Å²) in [6.45, 7) is 0.483. The Labute approximate surface area is 134 Å². The molecule has 21 heavy (non-hydrogen) atoms. The van der Waals surface area contributed by atoms with Gasteiger partial charge >= 0.3 is 5.97 Å². The first kappa shape index (κ1) is 14.3. The first-order valence-corrected chi connectivity index (χ1v) is 7.89. The SMILES string of the molecule is COC(=O)c1cc2c(s1)CN(C)C(=O)c1cccc(Br)c1-2. The number of hydrogen-bond acceptors (Lipinski definition) is 4. The summed E-state index contributed by atoms with van der Waals surface area (Å²) in [7, 11) is 3.13. The van der Waals surface area contributed by atoms with E-state index in [2.05, 4.69) is 15.9 Å². The van der Waals surface area contributed by atoms with Crippen LogP contribution in [0.25, 0.3) is 11.1 Å². The molecule has 0 aliphatic carbocycles. The van der Waals surface area contributed by atoms with Crippen LogP contribution in [0.4, 0.5) is 0 Å². The molecule has 0 radical (unpaired) electrons. The molecule has 1 amide bonds. The molecule has 0 saturated heterocycles. The second-order valence-corrected chi connectivity index (χ2v) is 6.75. The summed E-state index contributed by atoms with van der Waals surface area (Å²) in [4.78, 5) is 27.4. The monoisotopic (exact) mass is 365 g/mol. The number of carbonyl (C=O) groups excluding carboxylic acids is 2. The molecule has 6 heteroatoms. The molecule has 108 valence electrons. The zero-order chi connectivity index (χ0) is 15.1. The predicted octanol–water partition coefficient (Wildman–Crippen LogP) is 3.55. The number of amides is 1. The van der Waals surface area contributed by atoms with Crippen LogP contribution in [-0.4, -0.2) is 30.9 Å². The number of halogens is 1. The highest BCUT2D eigenvalue weighted by molar-refractivity contribution is 9.10. The van der Waals surface area contributed by atoms with Crippen LogP contribution < -0.4 is 0 Å². The molecule has 3 rings (SSSR count). The third-order valence-corrected chi connectivity index (χ3v) is 5.20. The number of fused-ring (bicyclic) bond motifs is 3. The second kappa shape index (κ2) is 5.27. The van der Waals surface area contributed by atoms with Crippen LogP contribution in [0.15, 0.2) is 28.7 Å². The molecule has 0 fully saturated rings. The van der Waals surface area contributed by atoms with Crippen LogP contribution in [0.2, 0.25) is 0 Å². The van der Waals surface area contributed by atoms with Crippen molar-refractivity contribution >= 4 is 39.1 Å². The number of esters is 1. The average molecular weight is 366 g/mol. The molecule has 0 spiro atoms. The van der Waals surface area contributed by atoms with Crippen LogP contribution >= 0.6 is 27.3 Å². The maximum Gasteiger partial charge on any atom is 0.348 e. The van der Waals surface area contributed by atoms with E-state index >= 15 is 0 Å². The predicted molar refractivity (Wildman–Crippen MR) is 84.6 cm³/mol. The van der Waals surface area contributed by atoms with Gasteiger partial charge < -0.3 is 9.64 Å². The number of carbonyl (C=O) groups is 2. The van der Waals surface area contributed by atoms with E-state index in [1.54, 1.807) is 11.9 Å². The Morgan fingerprint density at radius 2 is 2.14 bits per heavy atom. The van der Waals surface area contributed by atoms with Crippen LogP contribution in [-0.2, 0) is 11.3 Å². The lowest BCUT2D eigenvalue weighted by Gasteiger charge is -2.14. The van der Waals surface area contributed by atoms with Gasteiger partial charge in [-0.15, -0.1) is 11.3 Å². The van der Waals surface area contributed by atoms with Gasteiger partial charge in [0.15, 0.2) is 0 Å². The van der Waals surface area contributed by atoms with Crippen molar-refractivity contribution in [3.8, 4) is 11.1 Å². The molecule has 1 aromatic heterocycles. The van der Waals surface area contributed by atoms with E-state index in [0.29, 0.717) is 17.0 Å². The van der Waals surface area contributed by atoms with Gasteiger partial charge in [-0.05, 0) is 18.2 Å². The topological polar surface area (TPSA) is 46.6 Å². The largest absolute Gasteiger partial charge is 0.465 e. The first-order valence-electron chi connectivity index (χ1n) is 6.28. The highest BCUT2D eigenvalue weighted by atomic mass is 79.9. The van der Waals surface area contributed by atoms with Gasteiger partial charge in [0.2, 0.25) is 0 Å². The van der Waals surface area contributed by atoms with E-state index in [-0.39, 0.29) is 11.9 Å². The maximum atomic E-state index is 12.4. The quantitative estimate of drug-likeness (QED) is 0.726. The van der Waals surface area contributed by atoms with Crippen LogP contribution in [0, 0.1) is 0 Å². The Morgan fingerprint density at radius 3 is 2.86 bits per heavy atom. The fourth-order valence-corrected chi connectivity index (χ4v) is 4.15. The minimum absolute atomic E-state index is 0.0191. The second-order valence-electron chi connectivity index (χ2n) is 4.76. The number of ether oxygens (including phenoxy) is 1. The number of benzene rings is 1. The summed E-state index contributed by atoms with van der Waals surface area (Å²) in [6, 6.07) is 7.36. The van der Waals surface area contributed by atoms with Crippen molar-refractivity contribution in [3.63, 3.8) is 0 Å². The molecule has 2 heterocycles. The standard InChI is InChI=1S/C15H12BrNO3S/c1-17-7-12-9(6-11(21-12)15(19)20-2)13-8(14(17)18)4-3-5-10(13)16/h3-6H,7H2,1-2H3. The molecular formula is C15H12BrNO3S. The summed E-state index contributed by atoms with van der Waals surface area (Å²) in [5.41, 5.74) is 2.40. The molecule has 4 nitrogen and oxygen atoms in total. The molecule has 0 saturated carbocycles. The maximum absolute atomic E-state index is 12.4. The smallest absolute Gasteiger partial charge is 0.348 e. The summed E-state index contributed by atoms with van der Waals surface area (Å²) in [6.07, 6.45) is 0. The molecule has 1 aliphatic heterocycles.